The van der Waals surface area contributed by atoms with Gasteiger partial charge in [0.25, 0.3) is 0 Å². The number of rotatable bonds is 5. The van der Waals surface area contributed by atoms with Gasteiger partial charge in [-0.3, -0.25) is 0 Å². The van der Waals surface area contributed by atoms with Gasteiger partial charge in [0.1, 0.15) is 0 Å². The number of carboxylic acid groups (broad SMARTS) is 1. The summed E-state index contributed by atoms with van der Waals surface area (Å²) < 4.78 is 0. The van der Waals surface area contributed by atoms with Gasteiger partial charge in [0, 0.05) is 22.4 Å². The quantitative estimate of drug-likeness (QED) is 0.713. The van der Waals surface area contributed by atoms with Crippen molar-refractivity contribution in [1.82, 2.24) is 4.98 Å². The molecule has 0 aliphatic heterocycles. The summed E-state index contributed by atoms with van der Waals surface area (Å²) in [6, 6.07) is 14.7. The van der Waals surface area contributed by atoms with Gasteiger partial charge >= 0.3 is 5.97 Å². The minimum Gasteiger partial charge on any atom is -0.478 e. The highest BCUT2D eigenvalue weighted by atomic mass is 35.5. The van der Waals surface area contributed by atoms with Crippen molar-refractivity contribution in [2.75, 3.05) is 0 Å². The SMILES string of the molecule is O=C(O)c1ccc(CCc2nc(-c3ccccc3Cl)cs2)cc1. The maximum atomic E-state index is 10.8. The molecule has 0 saturated heterocycles. The molecular formula is C18H14ClNO2S. The first kappa shape index (κ1) is 15.7. The van der Waals surface area contributed by atoms with Crippen LogP contribution in [0.1, 0.15) is 20.9 Å². The van der Waals surface area contributed by atoms with Crippen LogP contribution in [0.3, 0.4) is 0 Å². The van der Waals surface area contributed by atoms with Crippen LogP contribution in [-0.4, -0.2) is 16.1 Å². The topological polar surface area (TPSA) is 50.2 Å². The Morgan fingerprint density at radius 1 is 1.09 bits per heavy atom. The van der Waals surface area contributed by atoms with Crippen LogP contribution >= 0.6 is 22.9 Å². The van der Waals surface area contributed by atoms with E-state index < -0.39 is 5.97 Å². The number of hydrogen-bond donors (Lipinski definition) is 1. The van der Waals surface area contributed by atoms with Gasteiger partial charge in [-0.15, -0.1) is 11.3 Å². The van der Waals surface area contributed by atoms with Crippen LogP contribution in [0.15, 0.2) is 53.9 Å². The van der Waals surface area contributed by atoms with Crippen molar-refractivity contribution in [1.29, 1.82) is 0 Å². The number of benzene rings is 2. The van der Waals surface area contributed by atoms with Crippen LogP contribution < -0.4 is 0 Å². The molecule has 0 unspecified atom stereocenters. The molecule has 1 aromatic heterocycles. The second kappa shape index (κ2) is 6.94. The fourth-order valence-electron chi connectivity index (χ4n) is 2.28. The van der Waals surface area contributed by atoms with Crippen LogP contribution in [0.2, 0.25) is 5.02 Å². The summed E-state index contributed by atoms with van der Waals surface area (Å²) in [5.74, 6) is -0.902. The molecular weight excluding hydrogens is 330 g/mol. The molecule has 116 valence electrons. The van der Waals surface area contributed by atoms with E-state index in [4.69, 9.17) is 16.7 Å². The molecule has 0 saturated carbocycles. The number of halogens is 1. The molecule has 0 atom stereocenters. The molecule has 0 fully saturated rings. The van der Waals surface area contributed by atoms with E-state index in [1.165, 1.54) is 0 Å². The summed E-state index contributed by atoms with van der Waals surface area (Å²) in [7, 11) is 0. The molecule has 3 rings (SSSR count). The number of carboxylic acids is 1. The van der Waals surface area contributed by atoms with Gasteiger partial charge in [0.05, 0.1) is 16.3 Å². The highest BCUT2D eigenvalue weighted by Gasteiger charge is 2.08. The largest absolute Gasteiger partial charge is 0.478 e. The molecule has 3 aromatic rings. The highest BCUT2D eigenvalue weighted by molar-refractivity contribution is 7.09. The molecule has 2 aromatic carbocycles. The molecule has 0 aliphatic rings. The molecule has 1 heterocycles. The Morgan fingerprint density at radius 2 is 1.83 bits per heavy atom. The first-order chi connectivity index (χ1) is 11.1. The Hall–Kier alpha value is -2.17. The van der Waals surface area contributed by atoms with E-state index in [2.05, 4.69) is 4.98 Å². The summed E-state index contributed by atoms with van der Waals surface area (Å²) in [4.78, 5) is 15.5. The average Bonchev–Trinajstić information content (AvgIpc) is 3.02. The summed E-state index contributed by atoms with van der Waals surface area (Å²) in [6.07, 6.45) is 1.65. The smallest absolute Gasteiger partial charge is 0.335 e. The van der Waals surface area contributed by atoms with Crippen molar-refractivity contribution in [3.8, 4) is 11.3 Å². The number of hydrogen-bond acceptors (Lipinski definition) is 3. The third kappa shape index (κ3) is 3.78. The van der Waals surface area contributed by atoms with E-state index in [-0.39, 0.29) is 0 Å². The lowest BCUT2D eigenvalue weighted by molar-refractivity contribution is 0.0697. The number of nitrogens with zero attached hydrogens (tertiary/aromatic N) is 1. The van der Waals surface area contributed by atoms with Gasteiger partial charge in [-0.1, -0.05) is 41.9 Å². The minimum atomic E-state index is -0.902. The molecule has 23 heavy (non-hydrogen) atoms. The lowest BCUT2D eigenvalue weighted by atomic mass is 10.1. The van der Waals surface area contributed by atoms with E-state index in [9.17, 15) is 4.79 Å². The van der Waals surface area contributed by atoms with Crippen molar-refractivity contribution in [2.45, 2.75) is 12.8 Å². The third-order valence-corrected chi connectivity index (χ3v) is 4.77. The number of aromatic carboxylic acids is 1. The molecule has 0 radical (unpaired) electrons. The van der Waals surface area contributed by atoms with Crippen LogP contribution in [0.25, 0.3) is 11.3 Å². The van der Waals surface area contributed by atoms with Gasteiger partial charge in [-0.2, -0.15) is 0 Å². The lowest BCUT2D eigenvalue weighted by Crippen LogP contribution is -1.97. The molecule has 5 heteroatoms. The van der Waals surface area contributed by atoms with Crippen LogP contribution in [0.4, 0.5) is 0 Å². The molecule has 0 spiro atoms. The Labute approximate surface area is 143 Å². The summed E-state index contributed by atoms with van der Waals surface area (Å²) in [5, 5.41) is 12.7. The van der Waals surface area contributed by atoms with Crippen molar-refractivity contribution in [2.24, 2.45) is 0 Å². The van der Waals surface area contributed by atoms with Gasteiger partial charge < -0.3 is 5.11 Å². The predicted octanol–water partition coefficient (Wildman–Crippen LogP) is 4.95. The van der Waals surface area contributed by atoms with E-state index in [1.807, 2.05) is 41.8 Å². The summed E-state index contributed by atoms with van der Waals surface area (Å²) in [6.45, 7) is 0. The van der Waals surface area contributed by atoms with Crippen LogP contribution in [-0.2, 0) is 12.8 Å². The molecule has 0 aliphatic carbocycles. The number of carbonyl (C=O) groups is 1. The van der Waals surface area contributed by atoms with E-state index in [1.54, 1.807) is 23.5 Å². The fraction of sp³-hybridized carbons (Fsp3) is 0.111. The van der Waals surface area contributed by atoms with E-state index in [0.717, 1.165) is 34.7 Å². The molecule has 0 bridgehead atoms. The normalized spacial score (nSPS) is 10.7. The van der Waals surface area contributed by atoms with Crippen molar-refractivity contribution >= 4 is 28.9 Å². The van der Waals surface area contributed by atoms with E-state index in [0.29, 0.717) is 10.6 Å². The van der Waals surface area contributed by atoms with Crippen LogP contribution in [0.5, 0.6) is 0 Å². The molecule has 1 N–H and O–H groups in total. The maximum Gasteiger partial charge on any atom is 0.335 e. The van der Waals surface area contributed by atoms with Gasteiger partial charge in [-0.25, -0.2) is 9.78 Å². The Bertz CT molecular complexity index is 827. The van der Waals surface area contributed by atoms with Crippen molar-refractivity contribution in [3.63, 3.8) is 0 Å². The number of aromatic nitrogens is 1. The first-order valence-corrected chi connectivity index (χ1v) is 8.41. The minimum absolute atomic E-state index is 0.309. The third-order valence-electron chi connectivity index (χ3n) is 3.53. The van der Waals surface area contributed by atoms with Crippen LogP contribution in [0, 0.1) is 0 Å². The average molecular weight is 344 g/mol. The lowest BCUT2D eigenvalue weighted by Gasteiger charge is -2.01. The molecule has 0 amide bonds. The summed E-state index contributed by atoms with van der Waals surface area (Å²) >= 11 is 7.81. The summed E-state index contributed by atoms with van der Waals surface area (Å²) in [5.41, 5.74) is 3.26. The highest BCUT2D eigenvalue weighted by Crippen LogP contribution is 2.28. The Morgan fingerprint density at radius 3 is 2.52 bits per heavy atom. The van der Waals surface area contributed by atoms with Crippen molar-refractivity contribution in [3.05, 3.63) is 75.1 Å². The fourth-order valence-corrected chi connectivity index (χ4v) is 3.31. The predicted molar refractivity (Wildman–Crippen MR) is 93.4 cm³/mol. The molecule has 3 nitrogen and oxygen atoms in total. The Kier molecular flexibility index (Phi) is 4.74. The number of aryl methyl sites for hydroxylation is 2. The standard InChI is InChI=1S/C18H14ClNO2S/c19-15-4-2-1-3-14(15)16-11-23-17(20-16)10-7-12-5-8-13(9-6-12)18(21)22/h1-6,8-9,11H,7,10H2,(H,21,22). The van der Waals surface area contributed by atoms with Gasteiger partial charge in [0.2, 0.25) is 0 Å². The zero-order chi connectivity index (χ0) is 16.2. The number of thiazole rings is 1. The van der Waals surface area contributed by atoms with Crippen molar-refractivity contribution < 1.29 is 9.90 Å². The zero-order valence-electron chi connectivity index (χ0n) is 12.2. The monoisotopic (exact) mass is 343 g/mol. The zero-order valence-corrected chi connectivity index (χ0v) is 13.8. The van der Waals surface area contributed by atoms with Gasteiger partial charge in [0.15, 0.2) is 0 Å². The van der Waals surface area contributed by atoms with E-state index >= 15 is 0 Å². The van der Waals surface area contributed by atoms with Gasteiger partial charge in [-0.05, 0) is 30.2 Å². The maximum absolute atomic E-state index is 10.8. The first-order valence-electron chi connectivity index (χ1n) is 7.15. The Balaban J connectivity index is 1.68. The second-order valence-electron chi connectivity index (χ2n) is 5.11. The second-order valence-corrected chi connectivity index (χ2v) is 6.46.